The third kappa shape index (κ3) is 4.54. The Morgan fingerprint density at radius 1 is 1.12 bits per heavy atom. The topological polar surface area (TPSA) is 102 Å². The number of likely N-dealkylation sites (N-methyl/N-ethyl adjacent to an activating group) is 1. The van der Waals surface area contributed by atoms with Crippen molar-refractivity contribution in [3.8, 4) is 17.2 Å². The van der Waals surface area contributed by atoms with Crippen molar-refractivity contribution in [1.82, 2.24) is 9.80 Å². The van der Waals surface area contributed by atoms with Crippen molar-refractivity contribution in [2.75, 3.05) is 47.5 Å². The van der Waals surface area contributed by atoms with E-state index >= 15 is 0 Å². The van der Waals surface area contributed by atoms with Crippen molar-refractivity contribution in [3.63, 3.8) is 0 Å². The molecule has 0 fully saturated rings. The SMILES string of the molecule is CCN(CC)CCN1C(=O)C(O)=C(C(=O)c2ccco2)[C@H]1c1cc(OC)c(OC)c(OC)c1. The van der Waals surface area contributed by atoms with E-state index < -0.39 is 23.5 Å². The lowest BCUT2D eigenvalue weighted by Gasteiger charge is -2.30. The van der Waals surface area contributed by atoms with Crippen molar-refractivity contribution < 1.29 is 33.3 Å². The van der Waals surface area contributed by atoms with Crippen molar-refractivity contribution >= 4 is 11.7 Å². The van der Waals surface area contributed by atoms with Gasteiger partial charge < -0.3 is 33.5 Å². The number of carbonyl (C=O) groups excluding carboxylic acids is 2. The molecule has 3 rings (SSSR count). The summed E-state index contributed by atoms with van der Waals surface area (Å²) in [7, 11) is 4.47. The van der Waals surface area contributed by atoms with E-state index in [2.05, 4.69) is 4.90 Å². The second-order valence-electron chi connectivity index (χ2n) is 7.46. The van der Waals surface area contributed by atoms with E-state index in [4.69, 9.17) is 18.6 Å². The number of carbonyl (C=O) groups is 2. The van der Waals surface area contributed by atoms with Crippen molar-refractivity contribution in [2.24, 2.45) is 0 Å². The van der Waals surface area contributed by atoms with Gasteiger partial charge in [-0.2, -0.15) is 0 Å². The molecule has 1 aromatic heterocycles. The van der Waals surface area contributed by atoms with Crippen LogP contribution in [0.4, 0.5) is 0 Å². The second-order valence-corrected chi connectivity index (χ2v) is 7.46. The summed E-state index contributed by atoms with van der Waals surface area (Å²) in [5, 5.41) is 10.8. The number of aliphatic hydroxyl groups excluding tert-OH is 1. The highest BCUT2D eigenvalue weighted by Gasteiger charge is 2.45. The van der Waals surface area contributed by atoms with Gasteiger partial charge in [-0.05, 0) is 42.9 Å². The zero-order valence-electron chi connectivity index (χ0n) is 19.6. The monoisotopic (exact) mass is 458 g/mol. The van der Waals surface area contributed by atoms with Gasteiger partial charge in [-0.15, -0.1) is 0 Å². The maximum absolute atomic E-state index is 13.3. The number of nitrogens with zero attached hydrogens (tertiary/aromatic N) is 2. The summed E-state index contributed by atoms with van der Waals surface area (Å²) in [6.07, 6.45) is 1.37. The molecule has 2 heterocycles. The van der Waals surface area contributed by atoms with Crippen LogP contribution in [0, 0.1) is 0 Å². The molecule has 0 bridgehead atoms. The molecule has 1 aliphatic heterocycles. The third-order valence-corrected chi connectivity index (χ3v) is 5.85. The minimum atomic E-state index is -0.862. The van der Waals surface area contributed by atoms with Crippen LogP contribution >= 0.6 is 0 Å². The van der Waals surface area contributed by atoms with Gasteiger partial charge in [0, 0.05) is 13.1 Å². The molecule has 1 aliphatic rings. The van der Waals surface area contributed by atoms with Gasteiger partial charge in [-0.3, -0.25) is 9.59 Å². The summed E-state index contributed by atoms with van der Waals surface area (Å²) in [6.45, 7) is 6.58. The number of Topliss-reactive ketones (excluding diaryl/α,β-unsaturated/α-hetero) is 1. The molecule has 0 saturated carbocycles. The summed E-state index contributed by atoms with van der Waals surface area (Å²) in [5.74, 6) is -0.596. The Bertz CT molecular complexity index is 1000. The Morgan fingerprint density at radius 3 is 2.24 bits per heavy atom. The Balaban J connectivity index is 2.13. The molecule has 9 heteroatoms. The first kappa shape index (κ1) is 24.2. The lowest BCUT2D eigenvalue weighted by molar-refractivity contribution is -0.129. The molecular weight excluding hydrogens is 428 g/mol. The van der Waals surface area contributed by atoms with Gasteiger partial charge in [0.05, 0.1) is 39.2 Å². The van der Waals surface area contributed by atoms with Crippen LogP contribution in [0.1, 0.15) is 36.0 Å². The Kier molecular flexibility index (Phi) is 7.65. The molecule has 33 heavy (non-hydrogen) atoms. The van der Waals surface area contributed by atoms with Gasteiger partial charge in [-0.1, -0.05) is 13.8 Å². The predicted octanol–water partition coefficient (Wildman–Crippen LogP) is 3.23. The highest BCUT2D eigenvalue weighted by molar-refractivity contribution is 6.15. The van der Waals surface area contributed by atoms with E-state index in [0.29, 0.717) is 35.9 Å². The van der Waals surface area contributed by atoms with E-state index in [-0.39, 0.29) is 11.3 Å². The molecule has 0 unspecified atom stereocenters. The molecule has 178 valence electrons. The second kappa shape index (κ2) is 10.4. The number of hydrogen-bond donors (Lipinski definition) is 1. The largest absolute Gasteiger partial charge is 0.503 e. The average molecular weight is 459 g/mol. The molecule has 1 aromatic carbocycles. The van der Waals surface area contributed by atoms with Gasteiger partial charge in [0.15, 0.2) is 23.0 Å². The van der Waals surface area contributed by atoms with Crippen molar-refractivity contribution in [3.05, 3.63) is 53.2 Å². The van der Waals surface area contributed by atoms with Crippen LogP contribution in [0.15, 0.2) is 46.3 Å². The fourth-order valence-electron chi connectivity index (χ4n) is 4.05. The first-order chi connectivity index (χ1) is 15.9. The van der Waals surface area contributed by atoms with Gasteiger partial charge in [0.1, 0.15) is 0 Å². The van der Waals surface area contributed by atoms with Crippen LogP contribution < -0.4 is 14.2 Å². The minimum absolute atomic E-state index is 0.0346. The zero-order valence-corrected chi connectivity index (χ0v) is 19.6. The summed E-state index contributed by atoms with van der Waals surface area (Å²) in [4.78, 5) is 30.1. The molecule has 0 saturated heterocycles. The molecule has 0 spiro atoms. The molecule has 1 amide bonds. The first-order valence-corrected chi connectivity index (χ1v) is 10.8. The lowest BCUT2D eigenvalue weighted by Crippen LogP contribution is -2.38. The normalized spacial score (nSPS) is 16.0. The van der Waals surface area contributed by atoms with Crippen LogP contribution in [-0.2, 0) is 4.79 Å². The number of rotatable bonds is 11. The van der Waals surface area contributed by atoms with E-state index in [1.807, 2.05) is 13.8 Å². The molecule has 0 radical (unpaired) electrons. The highest BCUT2D eigenvalue weighted by Crippen LogP contribution is 2.45. The quantitative estimate of drug-likeness (QED) is 0.512. The number of ketones is 1. The zero-order chi connectivity index (χ0) is 24.1. The molecule has 2 aromatic rings. The van der Waals surface area contributed by atoms with Crippen LogP contribution in [0.25, 0.3) is 0 Å². The van der Waals surface area contributed by atoms with Crippen LogP contribution in [0.2, 0.25) is 0 Å². The van der Waals surface area contributed by atoms with Crippen LogP contribution in [0.3, 0.4) is 0 Å². The van der Waals surface area contributed by atoms with E-state index in [9.17, 15) is 14.7 Å². The van der Waals surface area contributed by atoms with Gasteiger partial charge >= 0.3 is 0 Å². The van der Waals surface area contributed by atoms with Gasteiger partial charge in [0.2, 0.25) is 11.5 Å². The van der Waals surface area contributed by atoms with Gasteiger partial charge in [-0.25, -0.2) is 0 Å². The molecule has 0 aliphatic carbocycles. The number of ether oxygens (including phenoxy) is 3. The summed E-state index contributed by atoms with van der Waals surface area (Å²) in [6, 6.07) is 5.57. The first-order valence-electron chi connectivity index (χ1n) is 10.8. The number of furan rings is 1. The number of hydrogen-bond acceptors (Lipinski definition) is 8. The third-order valence-electron chi connectivity index (χ3n) is 5.85. The molecule has 1 atom stereocenters. The average Bonchev–Trinajstić information content (AvgIpc) is 3.46. The molecule has 1 N–H and O–H groups in total. The number of aliphatic hydroxyl groups is 1. The Hall–Kier alpha value is -3.46. The minimum Gasteiger partial charge on any atom is -0.503 e. The summed E-state index contributed by atoms with van der Waals surface area (Å²) >= 11 is 0. The fraction of sp³-hybridized carbons (Fsp3) is 0.417. The number of benzene rings is 1. The maximum atomic E-state index is 13.3. The Morgan fingerprint density at radius 2 is 1.76 bits per heavy atom. The standard InChI is InChI=1S/C24H30N2O7/c1-6-25(7-2)10-11-26-20(15-13-17(30-3)23(32-5)18(14-15)31-4)19(22(28)24(26)29)21(27)16-9-8-12-33-16/h8-9,12-14,20,28H,6-7,10-11H2,1-5H3/t20-/m1/s1. The van der Waals surface area contributed by atoms with Crippen LogP contribution in [0.5, 0.6) is 17.2 Å². The van der Waals surface area contributed by atoms with Crippen molar-refractivity contribution in [1.29, 1.82) is 0 Å². The predicted molar refractivity (Wildman–Crippen MR) is 121 cm³/mol. The Labute approximate surface area is 193 Å². The highest BCUT2D eigenvalue weighted by atomic mass is 16.5. The van der Waals surface area contributed by atoms with Crippen LogP contribution in [-0.4, -0.2) is 74.1 Å². The molecule has 9 nitrogen and oxygen atoms in total. The summed E-state index contributed by atoms with van der Waals surface area (Å²) in [5.41, 5.74) is 0.486. The van der Waals surface area contributed by atoms with Crippen molar-refractivity contribution in [2.45, 2.75) is 19.9 Å². The van der Waals surface area contributed by atoms with E-state index in [1.165, 1.54) is 38.6 Å². The maximum Gasteiger partial charge on any atom is 0.290 e. The van der Waals surface area contributed by atoms with E-state index in [0.717, 1.165) is 13.1 Å². The van der Waals surface area contributed by atoms with Gasteiger partial charge in [0.25, 0.3) is 5.91 Å². The number of amides is 1. The smallest absolute Gasteiger partial charge is 0.290 e. The van der Waals surface area contributed by atoms with E-state index in [1.54, 1.807) is 18.2 Å². The molecular formula is C24H30N2O7. The lowest BCUT2D eigenvalue weighted by atomic mass is 9.94. The number of methoxy groups -OCH3 is 3. The summed E-state index contributed by atoms with van der Waals surface area (Å²) < 4.78 is 21.6. The fourth-order valence-corrected chi connectivity index (χ4v) is 4.05.